The molecule has 0 aliphatic heterocycles. The fourth-order valence-electron chi connectivity index (χ4n) is 1.42. The predicted octanol–water partition coefficient (Wildman–Crippen LogP) is 1.52. The van der Waals surface area contributed by atoms with Crippen LogP contribution in [0.25, 0.3) is 0 Å². The zero-order chi connectivity index (χ0) is 14.6. The predicted molar refractivity (Wildman–Crippen MR) is 62.5 cm³/mol. The standard InChI is InChI=1S/C12H13F3N2O2/c1-16-10(18)7-17(2)11(19)8-4-3-5-9(6-8)12(13,14)15/h3-6H,7H2,1-2H3,(H,16,18). The lowest BCUT2D eigenvalue weighted by molar-refractivity contribution is -0.137. The summed E-state index contributed by atoms with van der Waals surface area (Å²) in [6, 6.07) is 4.08. The molecule has 0 bridgehead atoms. The Morgan fingerprint density at radius 1 is 1.32 bits per heavy atom. The first-order valence-electron chi connectivity index (χ1n) is 5.39. The van der Waals surface area contributed by atoms with Gasteiger partial charge in [-0.1, -0.05) is 6.07 Å². The van der Waals surface area contributed by atoms with Gasteiger partial charge in [-0.25, -0.2) is 0 Å². The van der Waals surface area contributed by atoms with E-state index in [-0.39, 0.29) is 12.1 Å². The molecule has 1 rings (SSSR count). The number of carbonyl (C=O) groups excluding carboxylic acids is 2. The van der Waals surface area contributed by atoms with Crippen LogP contribution >= 0.6 is 0 Å². The lowest BCUT2D eigenvalue weighted by Gasteiger charge is -2.17. The van der Waals surface area contributed by atoms with Gasteiger partial charge in [0.2, 0.25) is 5.91 Å². The summed E-state index contributed by atoms with van der Waals surface area (Å²) >= 11 is 0. The highest BCUT2D eigenvalue weighted by Crippen LogP contribution is 2.29. The van der Waals surface area contributed by atoms with Crippen molar-refractivity contribution in [1.29, 1.82) is 0 Å². The van der Waals surface area contributed by atoms with Gasteiger partial charge in [0.25, 0.3) is 5.91 Å². The Labute approximate surface area is 108 Å². The number of halogens is 3. The van der Waals surface area contributed by atoms with Gasteiger partial charge >= 0.3 is 6.18 Å². The minimum Gasteiger partial charge on any atom is -0.358 e. The van der Waals surface area contributed by atoms with Crippen LogP contribution in [0.4, 0.5) is 13.2 Å². The van der Waals surface area contributed by atoms with Gasteiger partial charge in [0.1, 0.15) is 0 Å². The van der Waals surface area contributed by atoms with Crippen molar-refractivity contribution in [1.82, 2.24) is 10.2 Å². The quantitative estimate of drug-likeness (QED) is 0.908. The van der Waals surface area contributed by atoms with Crippen molar-refractivity contribution in [2.24, 2.45) is 0 Å². The molecule has 0 unspecified atom stereocenters. The Kier molecular flexibility index (Phi) is 4.52. The Balaban J connectivity index is 2.91. The van der Waals surface area contributed by atoms with Crippen LogP contribution in [0.2, 0.25) is 0 Å². The highest BCUT2D eigenvalue weighted by Gasteiger charge is 2.31. The third-order valence-corrected chi connectivity index (χ3v) is 2.44. The zero-order valence-electron chi connectivity index (χ0n) is 10.4. The Morgan fingerprint density at radius 3 is 2.47 bits per heavy atom. The van der Waals surface area contributed by atoms with Gasteiger partial charge in [0.05, 0.1) is 12.1 Å². The fourth-order valence-corrected chi connectivity index (χ4v) is 1.42. The second kappa shape index (κ2) is 5.73. The van der Waals surface area contributed by atoms with Crippen molar-refractivity contribution in [3.8, 4) is 0 Å². The Hall–Kier alpha value is -2.05. The number of amides is 2. The van der Waals surface area contributed by atoms with Crippen LogP contribution in [0.3, 0.4) is 0 Å². The van der Waals surface area contributed by atoms with E-state index in [0.717, 1.165) is 23.1 Å². The summed E-state index contributed by atoms with van der Waals surface area (Å²) in [4.78, 5) is 24.0. The van der Waals surface area contributed by atoms with E-state index in [0.29, 0.717) is 0 Å². The topological polar surface area (TPSA) is 49.4 Å². The van der Waals surface area contributed by atoms with Crippen molar-refractivity contribution in [2.45, 2.75) is 6.18 Å². The van der Waals surface area contributed by atoms with Gasteiger partial charge < -0.3 is 10.2 Å². The third-order valence-electron chi connectivity index (χ3n) is 2.44. The number of hydrogen-bond acceptors (Lipinski definition) is 2. The number of carbonyl (C=O) groups is 2. The van der Waals surface area contributed by atoms with Gasteiger partial charge in [-0.3, -0.25) is 9.59 Å². The normalized spacial score (nSPS) is 11.0. The summed E-state index contributed by atoms with van der Waals surface area (Å²) in [6.07, 6.45) is -4.50. The number of alkyl halides is 3. The van der Waals surface area contributed by atoms with Crippen molar-refractivity contribution >= 4 is 11.8 Å². The molecule has 19 heavy (non-hydrogen) atoms. The molecule has 1 aromatic carbocycles. The molecular weight excluding hydrogens is 261 g/mol. The number of benzene rings is 1. The molecule has 0 heterocycles. The first-order valence-corrected chi connectivity index (χ1v) is 5.39. The van der Waals surface area contributed by atoms with Crippen LogP contribution in [0.5, 0.6) is 0 Å². The fraction of sp³-hybridized carbons (Fsp3) is 0.333. The van der Waals surface area contributed by atoms with Crippen LogP contribution in [-0.4, -0.2) is 37.4 Å². The van der Waals surface area contributed by atoms with E-state index in [1.807, 2.05) is 0 Å². The lowest BCUT2D eigenvalue weighted by atomic mass is 10.1. The van der Waals surface area contributed by atoms with Crippen LogP contribution in [0.15, 0.2) is 24.3 Å². The molecular formula is C12H13F3N2O2. The summed E-state index contributed by atoms with van der Waals surface area (Å²) in [5.41, 5.74) is -1.01. The van der Waals surface area contributed by atoms with Crippen molar-refractivity contribution in [3.63, 3.8) is 0 Å². The molecule has 2 amide bonds. The molecule has 1 aromatic rings. The van der Waals surface area contributed by atoms with Crippen LogP contribution in [0.1, 0.15) is 15.9 Å². The maximum absolute atomic E-state index is 12.5. The van der Waals surface area contributed by atoms with Crippen LogP contribution in [0, 0.1) is 0 Å². The molecule has 7 heteroatoms. The molecule has 0 saturated heterocycles. The van der Waals surface area contributed by atoms with Gasteiger partial charge in [-0.15, -0.1) is 0 Å². The second-order valence-corrected chi connectivity index (χ2v) is 3.91. The van der Waals surface area contributed by atoms with E-state index < -0.39 is 23.6 Å². The molecule has 0 aromatic heterocycles. The molecule has 0 radical (unpaired) electrons. The van der Waals surface area contributed by atoms with E-state index in [2.05, 4.69) is 5.32 Å². The van der Waals surface area contributed by atoms with E-state index in [1.54, 1.807) is 0 Å². The molecule has 0 aliphatic rings. The average molecular weight is 274 g/mol. The van der Waals surface area contributed by atoms with Crippen LogP contribution in [-0.2, 0) is 11.0 Å². The maximum Gasteiger partial charge on any atom is 0.416 e. The molecule has 4 nitrogen and oxygen atoms in total. The Morgan fingerprint density at radius 2 is 1.95 bits per heavy atom. The highest BCUT2D eigenvalue weighted by molar-refractivity contribution is 5.96. The van der Waals surface area contributed by atoms with E-state index >= 15 is 0 Å². The third kappa shape index (κ3) is 3.97. The van der Waals surface area contributed by atoms with Gasteiger partial charge in [0, 0.05) is 19.7 Å². The maximum atomic E-state index is 12.5. The summed E-state index contributed by atoms with van der Waals surface area (Å²) in [7, 11) is 2.75. The summed E-state index contributed by atoms with van der Waals surface area (Å²) in [6.45, 7) is -0.217. The van der Waals surface area contributed by atoms with Crippen LogP contribution < -0.4 is 5.32 Å². The average Bonchev–Trinajstić information content (AvgIpc) is 2.36. The first kappa shape index (κ1) is 15.0. The lowest BCUT2D eigenvalue weighted by Crippen LogP contribution is -2.36. The van der Waals surface area contributed by atoms with Gasteiger partial charge in [-0.2, -0.15) is 13.2 Å². The van der Waals surface area contributed by atoms with Gasteiger partial charge in [-0.05, 0) is 18.2 Å². The second-order valence-electron chi connectivity index (χ2n) is 3.91. The molecule has 104 valence electrons. The summed E-state index contributed by atoms with van der Waals surface area (Å²) in [5.74, 6) is -1.04. The molecule has 0 atom stereocenters. The van der Waals surface area contributed by atoms with Crippen molar-refractivity contribution in [2.75, 3.05) is 20.6 Å². The summed E-state index contributed by atoms with van der Waals surface area (Å²) < 4.78 is 37.5. The largest absolute Gasteiger partial charge is 0.416 e. The number of nitrogens with one attached hydrogen (secondary N) is 1. The monoisotopic (exact) mass is 274 g/mol. The molecule has 0 fully saturated rings. The number of nitrogens with zero attached hydrogens (tertiary/aromatic N) is 1. The van der Waals surface area contributed by atoms with Crippen molar-refractivity contribution in [3.05, 3.63) is 35.4 Å². The number of hydrogen-bond donors (Lipinski definition) is 1. The molecule has 1 N–H and O–H groups in total. The highest BCUT2D eigenvalue weighted by atomic mass is 19.4. The Bertz CT molecular complexity index is 486. The molecule has 0 spiro atoms. The minimum absolute atomic E-state index is 0.110. The number of rotatable bonds is 3. The van der Waals surface area contributed by atoms with Gasteiger partial charge in [0.15, 0.2) is 0 Å². The SMILES string of the molecule is CNC(=O)CN(C)C(=O)c1cccc(C(F)(F)F)c1. The van der Waals surface area contributed by atoms with E-state index in [1.165, 1.54) is 20.2 Å². The van der Waals surface area contributed by atoms with E-state index in [9.17, 15) is 22.8 Å². The minimum atomic E-state index is -4.50. The smallest absolute Gasteiger partial charge is 0.358 e. The van der Waals surface area contributed by atoms with Crippen molar-refractivity contribution < 1.29 is 22.8 Å². The molecule has 0 aliphatic carbocycles. The zero-order valence-corrected chi connectivity index (χ0v) is 10.4. The number of likely N-dealkylation sites (N-methyl/N-ethyl adjacent to an activating group) is 2. The first-order chi connectivity index (χ1) is 8.75. The molecule has 0 saturated carbocycles. The summed E-state index contributed by atoms with van der Waals surface area (Å²) in [5, 5.41) is 2.33. The van der Waals surface area contributed by atoms with E-state index in [4.69, 9.17) is 0 Å².